The SMILES string of the molecule is C[N+](C)(C)CC(=O)[O-].NC(CC(=O)[O-])C(=O)[O-].[Na+].[Na+]. The van der Waals surface area contributed by atoms with Crippen molar-refractivity contribution in [1.29, 1.82) is 0 Å². The standard InChI is InChI=1S/C5H11NO2.C4H7NO4.2Na/c1-6(2,3)4-5(7)8;5-2(4(8)9)1-3(6)7;;/h4H2,1-3H3;2H,1,5H2,(H,6,7)(H,8,9);;/q;;2*+1/p-2. The molecule has 100 valence electrons. The topological polar surface area (TPSA) is 146 Å². The van der Waals surface area contributed by atoms with Gasteiger partial charge in [0, 0.05) is 18.4 Å². The smallest absolute Gasteiger partial charge is 0.550 e. The van der Waals surface area contributed by atoms with E-state index in [1.54, 1.807) is 21.1 Å². The van der Waals surface area contributed by atoms with Crippen LogP contribution in [0.4, 0.5) is 0 Å². The van der Waals surface area contributed by atoms with Crippen molar-refractivity contribution in [2.75, 3.05) is 27.7 Å². The number of quaternary nitrogens is 1. The van der Waals surface area contributed by atoms with Crippen molar-refractivity contribution in [1.82, 2.24) is 0 Å². The Morgan fingerprint density at radius 1 is 1.00 bits per heavy atom. The molecule has 0 bridgehead atoms. The van der Waals surface area contributed by atoms with Gasteiger partial charge in [-0.3, -0.25) is 0 Å². The zero-order valence-corrected chi connectivity index (χ0v) is 16.0. The second kappa shape index (κ2) is 13.3. The van der Waals surface area contributed by atoms with Crippen LogP contribution in [-0.2, 0) is 14.4 Å². The van der Waals surface area contributed by atoms with E-state index < -0.39 is 30.4 Å². The Kier molecular flexibility index (Phi) is 19.4. The molecule has 0 aromatic heterocycles. The monoisotopic (exact) mass is 294 g/mol. The Hall–Kier alpha value is 0.330. The number of aliphatic carboxylic acids is 3. The maximum absolute atomic E-state index is 9.89. The largest absolute Gasteiger partial charge is 1.00 e. The summed E-state index contributed by atoms with van der Waals surface area (Å²) in [5.74, 6) is -4.08. The predicted octanol–water partition coefficient (Wildman–Crippen LogP) is -11.3. The molecule has 0 spiro atoms. The summed E-state index contributed by atoms with van der Waals surface area (Å²) in [6.07, 6.45) is -0.706. The van der Waals surface area contributed by atoms with Gasteiger partial charge in [0.2, 0.25) is 0 Å². The van der Waals surface area contributed by atoms with Crippen LogP contribution >= 0.6 is 0 Å². The van der Waals surface area contributed by atoms with Gasteiger partial charge in [-0.2, -0.15) is 0 Å². The van der Waals surface area contributed by atoms with E-state index in [0.717, 1.165) is 0 Å². The number of carboxylic acid groups (broad SMARTS) is 3. The number of carbonyl (C=O) groups is 3. The summed E-state index contributed by atoms with van der Waals surface area (Å²) in [5, 5.41) is 29.2. The summed E-state index contributed by atoms with van der Waals surface area (Å²) in [4.78, 5) is 29.2. The number of carboxylic acids is 3. The zero-order chi connectivity index (χ0) is 14.2. The van der Waals surface area contributed by atoms with Crippen molar-refractivity contribution in [3.05, 3.63) is 0 Å². The summed E-state index contributed by atoms with van der Waals surface area (Å²) >= 11 is 0. The Balaban J connectivity index is -0.000000108. The first kappa shape index (κ1) is 27.6. The second-order valence-corrected chi connectivity index (χ2v) is 4.32. The maximum Gasteiger partial charge on any atom is 1.00 e. The summed E-state index contributed by atoms with van der Waals surface area (Å²) in [7, 11) is 5.40. The number of carbonyl (C=O) groups excluding carboxylic acids is 3. The molecule has 0 aliphatic rings. The molecule has 0 radical (unpaired) electrons. The normalized spacial score (nSPS) is 10.7. The van der Waals surface area contributed by atoms with E-state index in [4.69, 9.17) is 5.73 Å². The van der Waals surface area contributed by atoms with Gasteiger partial charge in [0.1, 0.15) is 6.54 Å². The van der Waals surface area contributed by atoms with E-state index in [-0.39, 0.29) is 65.7 Å². The van der Waals surface area contributed by atoms with Gasteiger partial charge in [0.15, 0.2) is 0 Å². The van der Waals surface area contributed by atoms with Gasteiger partial charge in [0.25, 0.3) is 0 Å². The average molecular weight is 294 g/mol. The number of hydrogen-bond acceptors (Lipinski definition) is 7. The molecule has 2 N–H and O–H groups in total. The van der Waals surface area contributed by atoms with E-state index in [1.807, 2.05) is 0 Å². The average Bonchev–Trinajstić information content (AvgIpc) is 1.98. The Labute approximate surface area is 156 Å². The fourth-order valence-electron chi connectivity index (χ4n) is 0.650. The predicted molar refractivity (Wildman–Crippen MR) is 50.5 cm³/mol. The van der Waals surface area contributed by atoms with Gasteiger partial charge < -0.3 is 39.9 Å². The van der Waals surface area contributed by atoms with Gasteiger partial charge in [-0.25, -0.2) is 0 Å². The van der Waals surface area contributed by atoms with Gasteiger partial charge in [0.05, 0.1) is 33.1 Å². The number of nitrogens with zero attached hydrogens (tertiary/aromatic N) is 1. The van der Waals surface area contributed by atoms with Gasteiger partial charge >= 0.3 is 59.1 Å². The Morgan fingerprint density at radius 2 is 1.37 bits per heavy atom. The fraction of sp³-hybridized carbons (Fsp3) is 0.667. The molecule has 10 heteroatoms. The summed E-state index contributed by atoms with van der Waals surface area (Å²) in [5.41, 5.74) is 4.73. The van der Waals surface area contributed by atoms with E-state index in [2.05, 4.69) is 0 Å². The maximum atomic E-state index is 9.89. The zero-order valence-electron chi connectivity index (χ0n) is 12.0. The van der Waals surface area contributed by atoms with E-state index in [0.29, 0.717) is 4.48 Å². The molecule has 0 rings (SSSR count). The summed E-state index contributed by atoms with van der Waals surface area (Å²) in [6, 6.07) is -1.46. The molecule has 0 aromatic rings. The van der Waals surface area contributed by atoms with Gasteiger partial charge in [-0.15, -0.1) is 0 Å². The third-order valence-corrected chi connectivity index (χ3v) is 1.29. The molecule has 19 heavy (non-hydrogen) atoms. The van der Waals surface area contributed by atoms with Gasteiger partial charge in [-0.1, -0.05) is 0 Å². The fourth-order valence-corrected chi connectivity index (χ4v) is 0.650. The van der Waals surface area contributed by atoms with Crippen LogP contribution in [0, 0.1) is 0 Å². The van der Waals surface area contributed by atoms with Crippen molar-refractivity contribution in [2.24, 2.45) is 5.73 Å². The molecule has 0 aliphatic carbocycles. The molecule has 0 saturated heterocycles. The van der Waals surface area contributed by atoms with Crippen molar-refractivity contribution in [3.63, 3.8) is 0 Å². The summed E-state index contributed by atoms with van der Waals surface area (Å²) < 4.78 is 0.419. The molecular weight excluding hydrogens is 278 g/mol. The number of hydrogen-bond donors (Lipinski definition) is 1. The van der Waals surface area contributed by atoms with E-state index in [1.165, 1.54) is 0 Å². The van der Waals surface area contributed by atoms with Crippen molar-refractivity contribution < 1.29 is 93.3 Å². The third-order valence-electron chi connectivity index (χ3n) is 1.29. The number of nitrogens with two attached hydrogens (primary N) is 1. The first-order valence-corrected chi connectivity index (χ1v) is 4.62. The third kappa shape index (κ3) is 27.5. The van der Waals surface area contributed by atoms with Crippen LogP contribution in [0.1, 0.15) is 6.42 Å². The van der Waals surface area contributed by atoms with Crippen molar-refractivity contribution >= 4 is 17.9 Å². The molecule has 8 nitrogen and oxygen atoms in total. The second-order valence-electron chi connectivity index (χ2n) is 4.32. The minimum Gasteiger partial charge on any atom is -0.550 e. The quantitative estimate of drug-likeness (QED) is 0.391. The Morgan fingerprint density at radius 3 is 1.42 bits per heavy atom. The van der Waals surface area contributed by atoms with Crippen LogP contribution in [0.5, 0.6) is 0 Å². The van der Waals surface area contributed by atoms with Crippen LogP contribution in [0.25, 0.3) is 0 Å². The molecule has 0 aliphatic heterocycles. The van der Waals surface area contributed by atoms with Crippen LogP contribution in [-0.4, -0.2) is 56.1 Å². The molecular formula is C9H16N2Na2O6. The number of likely N-dealkylation sites (N-methyl/N-ethyl adjacent to an activating group) is 1. The van der Waals surface area contributed by atoms with E-state index in [9.17, 15) is 29.7 Å². The minimum atomic E-state index is -1.58. The van der Waals surface area contributed by atoms with Gasteiger partial charge in [-0.05, 0) is 0 Å². The molecule has 0 saturated carbocycles. The van der Waals surface area contributed by atoms with Crippen LogP contribution in [0.2, 0.25) is 0 Å². The minimum absolute atomic E-state index is 0. The molecule has 0 heterocycles. The van der Waals surface area contributed by atoms with Crippen molar-refractivity contribution in [2.45, 2.75) is 12.5 Å². The van der Waals surface area contributed by atoms with Crippen LogP contribution in [0.3, 0.4) is 0 Å². The first-order valence-electron chi connectivity index (χ1n) is 4.62. The number of rotatable bonds is 5. The molecule has 0 aromatic carbocycles. The first-order chi connectivity index (χ1) is 7.45. The molecule has 0 fully saturated rings. The summed E-state index contributed by atoms with van der Waals surface area (Å²) in [6.45, 7) is 0.0694. The van der Waals surface area contributed by atoms with E-state index >= 15 is 0 Å². The van der Waals surface area contributed by atoms with Crippen LogP contribution < -0.4 is 80.2 Å². The molecule has 1 unspecified atom stereocenters. The molecule has 0 amide bonds. The van der Waals surface area contributed by atoms with Crippen molar-refractivity contribution in [3.8, 4) is 0 Å². The molecule has 1 atom stereocenters. The Bertz CT molecular complexity index is 293. The van der Waals surface area contributed by atoms with Crippen LogP contribution in [0.15, 0.2) is 0 Å².